The first-order valence-electron chi connectivity index (χ1n) is 26.2. The lowest BCUT2D eigenvalue weighted by Gasteiger charge is -2.18. The van der Waals surface area contributed by atoms with Crippen molar-refractivity contribution in [2.24, 2.45) is 11.8 Å². The Morgan fingerprint density at radius 1 is 0.322 bits per heavy atom. The Kier molecular flexibility index (Phi) is 44.7. The molecule has 0 aliphatic carbocycles. The molecule has 6 heteroatoms. The minimum absolute atomic E-state index is 0.0643. The molecule has 6 nitrogen and oxygen atoms in total. The molecule has 0 aliphatic heterocycles. The van der Waals surface area contributed by atoms with E-state index in [4.69, 9.17) is 14.2 Å². The molecule has 0 unspecified atom stereocenters. The lowest BCUT2D eigenvalue weighted by molar-refractivity contribution is -0.167. The van der Waals surface area contributed by atoms with Crippen LogP contribution < -0.4 is 0 Å². The minimum atomic E-state index is -0.762. The highest BCUT2D eigenvalue weighted by Gasteiger charge is 2.19. The number of hydrogen-bond donors (Lipinski definition) is 0. The first-order chi connectivity index (χ1) is 28.7. The highest BCUT2D eigenvalue weighted by molar-refractivity contribution is 5.71. The molecule has 0 saturated carbocycles. The molecule has 0 bridgehead atoms. The number of unbranched alkanes of at least 4 members (excludes halogenated alkanes) is 32. The van der Waals surface area contributed by atoms with Crippen LogP contribution in [-0.2, 0) is 28.6 Å². The Morgan fingerprint density at radius 3 is 0.831 bits per heavy atom. The summed E-state index contributed by atoms with van der Waals surface area (Å²) >= 11 is 0. The third-order valence-corrected chi connectivity index (χ3v) is 12.0. The van der Waals surface area contributed by atoms with Gasteiger partial charge in [0.25, 0.3) is 0 Å². The molecule has 350 valence electrons. The lowest BCUT2D eigenvalue weighted by atomic mass is 10.0. The van der Waals surface area contributed by atoms with Gasteiger partial charge in [0.2, 0.25) is 0 Å². The molecule has 0 heterocycles. The third kappa shape index (κ3) is 47.3. The molecule has 0 spiro atoms. The molecule has 0 rings (SSSR count). The Hall–Kier alpha value is -1.59. The van der Waals surface area contributed by atoms with Gasteiger partial charge in [-0.2, -0.15) is 0 Å². The van der Waals surface area contributed by atoms with Crippen LogP contribution in [-0.4, -0.2) is 37.2 Å². The smallest absolute Gasteiger partial charge is 0.306 e. The zero-order valence-electron chi connectivity index (χ0n) is 40.4. The Balaban J connectivity index is 4.28. The Labute approximate surface area is 368 Å². The van der Waals surface area contributed by atoms with Gasteiger partial charge in [0.05, 0.1) is 0 Å². The second-order valence-corrected chi connectivity index (χ2v) is 19.1. The summed E-state index contributed by atoms with van der Waals surface area (Å²) in [6.45, 7) is 11.3. The first-order valence-corrected chi connectivity index (χ1v) is 26.2. The van der Waals surface area contributed by atoms with Crippen molar-refractivity contribution in [1.29, 1.82) is 0 Å². The second-order valence-electron chi connectivity index (χ2n) is 19.1. The van der Waals surface area contributed by atoms with Crippen LogP contribution in [0.3, 0.4) is 0 Å². The molecule has 0 aromatic carbocycles. The predicted molar refractivity (Wildman–Crippen MR) is 252 cm³/mol. The molecular formula is C53H102O6. The first kappa shape index (κ1) is 57.4. The monoisotopic (exact) mass is 835 g/mol. The summed E-state index contributed by atoms with van der Waals surface area (Å²) in [6, 6.07) is 0. The zero-order valence-corrected chi connectivity index (χ0v) is 40.4. The van der Waals surface area contributed by atoms with Gasteiger partial charge in [0, 0.05) is 19.3 Å². The van der Waals surface area contributed by atoms with Gasteiger partial charge in [-0.15, -0.1) is 0 Å². The van der Waals surface area contributed by atoms with Crippen LogP contribution in [0.1, 0.15) is 291 Å². The quantitative estimate of drug-likeness (QED) is 0.0345. The standard InChI is InChI=1S/C53H102O6/c1-6-7-8-9-10-11-12-13-14-15-16-17-20-24-29-35-40-45-53(56)59-50(47-58-52(55)44-39-34-30-25-27-32-37-42-49(4)5)46-57-51(54)43-38-33-28-23-21-18-19-22-26-31-36-41-48(2)3/h48-50H,6-47H2,1-5H3/t50-/m1/s1. The molecule has 0 amide bonds. The van der Waals surface area contributed by atoms with Gasteiger partial charge >= 0.3 is 17.9 Å². The van der Waals surface area contributed by atoms with Gasteiger partial charge < -0.3 is 14.2 Å². The van der Waals surface area contributed by atoms with Crippen LogP contribution in [0.15, 0.2) is 0 Å². The number of ether oxygens (including phenoxy) is 3. The second kappa shape index (κ2) is 45.9. The average molecular weight is 835 g/mol. The molecular weight excluding hydrogens is 733 g/mol. The molecule has 59 heavy (non-hydrogen) atoms. The maximum absolute atomic E-state index is 12.8. The van der Waals surface area contributed by atoms with Crippen LogP contribution in [0.4, 0.5) is 0 Å². The van der Waals surface area contributed by atoms with E-state index in [2.05, 4.69) is 34.6 Å². The van der Waals surface area contributed by atoms with E-state index < -0.39 is 6.10 Å². The maximum atomic E-state index is 12.8. The summed E-state index contributed by atoms with van der Waals surface area (Å²) in [5.41, 5.74) is 0. The van der Waals surface area contributed by atoms with Crippen LogP contribution in [0.25, 0.3) is 0 Å². The van der Waals surface area contributed by atoms with E-state index in [1.54, 1.807) is 0 Å². The molecule has 0 aromatic rings. The van der Waals surface area contributed by atoms with E-state index in [9.17, 15) is 14.4 Å². The molecule has 0 aliphatic rings. The van der Waals surface area contributed by atoms with Gasteiger partial charge in [-0.25, -0.2) is 0 Å². The Bertz CT molecular complexity index is 900. The molecule has 0 radical (unpaired) electrons. The van der Waals surface area contributed by atoms with Crippen molar-refractivity contribution in [3.63, 3.8) is 0 Å². The van der Waals surface area contributed by atoms with E-state index in [-0.39, 0.29) is 31.1 Å². The van der Waals surface area contributed by atoms with Crippen LogP contribution in [0.2, 0.25) is 0 Å². The maximum Gasteiger partial charge on any atom is 0.306 e. The highest BCUT2D eigenvalue weighted by atomic mass is 16.6. The molecule has 0 fully saturated rings. The van der Waals surface area contributed by atoms with Crippen LogP contribution >= 0.6 is 0 Å². The highest BCUT2D eigenvalue weighted by Crippen LogP contribution is 2.17. The summed E-state index contributed by atoms with van der Waals surface area (Å²) in [5, 5.41) is 0. The van der Waals surface area contributed by atoms with Gasteiger partial charge in [0.15, 0.2) is 6.10 Å². The Morgan fingerprint density at radius 2 is 0.559 bits per heavy atom. The lowest BCUT2D eigenvalue weighted by Crippen LogP contribution is -2.30. The largest absolute Gasteiger partial charge is 0.462 e. The van der Waals surface area contributed by atoms with Crippen molar-refractivity contribution < 1.29 is 28.6 Å². The summed E-state index contributed by atoms with van der Waals surface area (Å²) in [5.74, 6) is 0.758. The minimum Gasteiger partial charge on any atom is -0.462 e. The fraction of sp³-hybridized carbons (Fsp3) is 0.943. The van der Waals surface area contributed by atoms with Crippen molar-refractivity contribution in [2.75, 3.05) is 13.2 Å². The summed E-state index contributed by atoms with van der Waals surface area (Å²) < 4.78 is 16.8. The summed E-state index contributed by atoms with van der Waals surface area (Å²) in [7, 11) is 0. The summed E-state index contributed by atoms with van der Waals surface area (Å²) in [6.07, 6.45) is 46.7. The van der Waals surface area contributed by atoms with E-state index in [1.165, 1.54) is 180 Å². The van der Waals surface area contributed by atoms with Gasteiger partial charge in [0.1, 0.15) is 13.2 Å². The third-order valence-electron chi connectivity index (χ3n) is 12.0. The average Bonchev–Trinajstić information content (AvgIpc) is 3.20. The van der Waals surface area contributed by atoms with Gasteiger partial charge in [-0.05, 0) is 31.1 Å². The number of esters is 3. The molecule has 1 atom stereocenters. The van der Waals surface area contributed by atoms with Crippen molar-refractivity contribution in [1.82, 2.24) is 0 Å². The predicted octanol–water partition coefficient (Wildman–Crippen LogP) is 16.9. The van der Waals surface area contributed by atoms with Gasteiger partial charge in [-0.3, -0.25) is 14.4 Å². The van der Waals surface area contributed by atoms with Gasteiger partial charge in [-0.1, -0.05) is 253 Å². The number of carbonyl (C=O) groups excluding carboxylic acids is 3. The zero-order chi connectivity index (χ0) is 43.3. The SMILES string of the molecule is CCCCCCCCCCCCCCCCCCCC(=O)O[C@H](COC(=O)CCCCCCCCCCCCCC(C)C)COC(=O)CCCCCCCCCC(C)C. The summed E-state index contributed by atoms with van der Waals surface area (Å²) in [4.78, 5) is 37.9. The number of carbonyl (C=O) groups is 3. The topological polar surface area (TPSA) is 78.9 Å². The van der Waals surface area contributed by atoms with Crippen molar-refractivity contribution >= 4 is 17.9 Å². The molecule has 0 saturated heterocycles. The van der Waals surface area contributed by atoms with Crippen molar-refractivity contribution in [2.45, 2.75) is 298 Å². The normalized spacial score (nSPS) is 12.1. The van der Waals surface area contributed by atoms with E-state index in [0.717, 1.165) is 69.6 Å². The fourth-order valence-corrected chi connectivity index (χ4v) is 7.99. The number of rotatable bonds is 47. The van der Waals surface area contributed by atoms with E-state index >= 15 is 0 Å². The van der Waals surface area contributed by atoms with Crippen molar-refractivity contribution in [3.05, 3.63) is 0 Å². The van der Waals surface area contributed by atoms with E-state index in [0.29, 0.717) is 19.3 Å². The molecule has 0 N–H and O–H groups in total. The number of hydrogen-bond acceptors (Lipinski definition) is 6. The molecule has 0 aromatic heterocycles. The van der Waals surface area contributed by atoms with E-state index in [1.807, 2.05) is 0 Å². The van der Waals surface area contributed by atoms with Crippen LogP contribution in [0.5, 0.6) is 0 Å². The van der Waals surface area contributed by atoms with Crippen molar-refractivity contribution in [3.8, 4) is 0 Å². The fourth-order valence-electron chi connectivity index (χ4n) is 7.99. The van der Waals surface area contributed by atoms with Crippen LogP contribution in [0, 0.1) is 11.8 Å².